The predicted molar refractivity (Wildman–Crippen MR) is 98.0 cm³/mol. The van der Waals surface area contributed by atoms with E-state index >= 15 is 0 Å². The number of piperidine rings is 1. The molecule has 23 heavy (non-hydrogen) atoms. The molecule has 4 nitrogen and oxygen atoms in total. The highest BCUT2D eigenvalue weighted by Gasteiger charge is 2.26. The predicted octanol–water partition coefficient (Wildman–Crippen LogP) is 2.26. The highest BCUT2D eigenvalue weighted by Crippen LogP contribution is 2.21. The van der Waals surface area contributed by atoms with Crippen molar-refractivity contribution in [3.63, 3.8) is 0 Å². The number of pyridine rings is 1. The topological polar surface area (TPSA) is 31.4 Å². The van der Waals surface area contributed by atoms with Crippen molar-refractivity contribution in [2.45, 2.75) is 25.8 Å². The summed E-state index contributed by atoms with van der Waals surface area (Å²) in [7, 11) is 2.24. The zero-order valence-corrected chi connectivity index (χ0v) is 15.1. The smallest absolute Gasteiger partial charge is 0.0312 e. The Balaban J connectivity index is 0.00000192. The van der Waals surface area contributed by atoms with Gasteiger partial charge in [-0.05, 0) is 69.4 Å². The van der Waals surface area contributed by atoms with Crippen molar-refractivity contribution in [1.82, 2.24) is 20.1 Å². The van der Waals surface area contributed by atoms with Gasteiger partial charge < -0.3 is 15.1 Å². The van der Waals surface area contributed by atoms with Crippen LogP contribution in [0.4, 0.5) is 0 Å². The maximum atomic E-state index is 4.21. The standard InChI is InChI=1S/C18H30N4.ClH/c1-21(12-16-4-2-7-19-10-16)13-18-6-9-22(15-18)14-17-5-3-8-20-11-17;/h2,4,7,10,17-18,20H,3,5-6,8-9,11-15H2,1H3;1H. The Morgan fingerprint density at radius 3 is 3.00 bits per heavy atom. The maximum Gasteiger partial charge on any atom is 0.0312 e. The largest absolute Gasteiger partial charge is 0.316 e. The second-order valence-corrected chi connectivity index (χ2v) is 7.18. The lowest BCUT2D eigenvalue weighted by atomic mass is 9.99. The van der Waals surface area contributed by atoms with Gasteiger partial charge in [-0.1, -0.05) is 6.07 Å². The number of hydrogen-bond acceptors (Lipinski definition) is 4. The molecule has 1 aromatic rings. The molecule has 2 atom stereocenters. The van der Waals surface area contributed by atoms with E-state index in [0.717, 1.165) is 18.4 Å². The minimum Gasteiger partial charge on any atom is -0.316 e. The van der Waals surface area contributed by atoms with E-state index in [9.17, 15) is 0 Å². The van der Waals surface area contributed by atoms with E-state index < -0.39 is 0 Å². The van der Waals surface area contributed by atoms with E-state index in [1.54, 1.807) is 0 Å². The van der Waals surface area contributed by atoms with Gasteiger partial charge in [-0.2, -0.15) is 0 Å². The second-order valence-electron chi connectivity index (χ2n) is 7.18. The van der Waals surface area contributed by atoms with E-state index in [1.165, 1.54) is 64.1 Å². The van der Waals surface area contributed by atoms with E-state index in [4.69, 9.17) is 0 Å². The molecule has 0 amide bonds. The molecular weight excluding hydrogens is 308 g/mol. The van der Waals surface area contributed by atoms with E-state index in [0.29, 0.717) is 0 Å². The van der Waals surface area contributed by atoms with E-state index in [2.05, 4.69) is 33.2 Å². The zero-order chi connectivity index (χ0) is 15.2. The fraction of sp³-hybridized carbons (Fsp3) is 0.722. The summed E-state index contributed by atoms with van der Waals surface area (Å²) in [4.78, 5) is 9.35. The van der Waals surface area contributed by atoms with Crippen molar-refractivity contribution in [2.24, 2.45) is 11.8 Å². The van der Waals surface area contributed by atoms with E-state index in [1.807, 2.05) is 18.5 Å². The minimum atomic E-state index is 0. The number of halogens is 1. The maximum absolute atomic E-state index is 4.21. The number of likely N-dealkylation sites (tertiary alicyclic amines) is 1. The van der Waals surface area contributed by atoms with Crippen molar-refractivity contribution < 1.29 is 0 Å². The van der Waals surface area contributed by atoms with Gasteiger partial charge in [-0.15, -0.1) is 12.4 Å². The number of nitrogens with zero attached hydrogens (tertiary/aromatic N) is 3. The van der Waals surface area contributed by atoms with Crippen LogP contribution in [0.2, 0.25) is 0 Å². The average molecular weight is 339 g/mol. The van der Waals surface area contributed by atoms with Gasteiger partial charge >= 0.3 is 0 Å². The van der Waals surface area contributed by atoms with Crippen molar-refractivity contribution in [3.8, 4) is 0 Å². The average Bonchev–Trinajstić information content (AvgIpc) is 2.96. The van der Waals surface area contributed by atoms with Crippen LogP contribution in [0.5, 0.6) is 0 Å². The Bertz CT molecular complexity index is 436. The first-order valence-electron chi connectivity index (χ1n) is 8.80. The summed E-state index contributed by atoms with van der Waals surface area (Å²) >= 11 is 0. The summed E-state index contributed by atoms with van der Waals surface area (Å²) in [5, 5.41) is 3.54. The summed E-state index contributed by atoms with van der Waals surface area (Å²) in [5.41, 5.74) is 1.31. The third kappa shape index (κ3) is 6.03. The molecule has 130 valence electrons. The molecule has 0 spiro atoms. The first-order chi connectivity index (χ1) is 10.8. The first kappa shape index (κ1) is 18.7. The van der Waals surface area contributed by atoms with Crippen LogP contribution in [-0.2, 0) is 6.54 Å². The second kappa shape index (κ2) is 9.58. The molecular formula is C18H31ClN4. The van der Waals surface area contributed by atoms with Crippen molar-refractivity contribution in [2.75, 3.05) is 46.3 Å². The molecule has 5 heteroatoms. The van der Waals surface area contributed by atoms with Crippen LogP contribution < -0.4 is 5.32 Å². The Labute approximate surface area is 147 Å². The van der Waals surface area contributed by atoms with Crippen LogP contribution in [0.15, 0.2) is 24.5 Å². The summed E-state index contributed by atoms with van der Waals surface area (Å²) < 4.78 is 0. The molecule has 3 heterocycles. The first-order valence-corrected chi connectivity index (χ1v) is 8.80. The van der Waals surface area contributed by atoms with Crippen LogP contribution in [-0.4, -0.2) is 61.1 Å². The van der Waals surface area contributed by atoms with Gasteiger partial charge in [0.2, 0.25) is 0 Å². The van der Waals surface area contributed by atoms with Crippen LogP contribution in [0.3, 0.4) is 0 Å². The van der Waals surface area contributed by atoms with Crippen LogP contribution >= 0.6 is 12.4 Å². The van der Waals surface area contributed by atoms with Gasteiger partial charge in [0.05, 0.1) is 0 Å². The van der Waals surface area contributed by atoms with Gasteiger partial charge in [-0.25, -0.2) is 0 Å². The van der Waals surface area contributed by atoms with Gasteiger partial charge in [0.1, 0.15) is 0 Å². The van der Waals surface area contributed by atoms with E-state index in [-0.39, 0.29) is 12.4 Å². The summed E-state index contributed by atoms with van der Waals surface area (Å²) in [5.74, 6) is 1.71. The Morgan fingerprint density at radius 2 is 2.26 bits per heavy atom. The molecule has 0 radical (unpaired) electrons. The number of nitrogens with one attached hydrogen (secondary N) is 1. The zero-order valence-electron chi connectivity index (χ0n) is 14.3. The molecule has 2 unspecified atom stereocenters. The fourth-order valence-corrected chi connectivity index (χ4v) is 3.98. The number of aromatic nitrogens is 1. The van der Waals surface area contributed by atoms with Gasteiger partial charge in [0.25, 0.3) is 0 Å². The SMILES string of the molecule is CN(Cc1cccnc1)CC1CCN(CC2CCCNC2)C1.Cl. The third-order valence-electron chi connectivity index (χ3n) is 5.03. The number of hydrogen-bond donors (Lipinski definition) is 1. The fourth-order valence-electron chi connectivity index (χ4n) is 3.98. The summed E-state index contributed by atoms with van der Waals surface area (Å²) in [6.07, 6.45) is 7.95. The lowest BCUT2D eigenvalue weighted by molar-refractivity contribution is 0.222. The lowest BCUT2D eigenvalue weighted by Gasteiger charge is -2.28. The van der Waals surface area contributed by atoms with Crippen molar-refractivity contribution in [3.05, 3.63) is 30.1 Å². The Kier molecular flexibility index (Phi) is 7.77. The highest BCUT2D eigenvalue weighted by molar-refractivity contribution is 5.85. The summed E-state index contributed by atoms with van der Waals surface area (Å²) in [6.45, 7) is 8.54. The van der Waals surface area contributed by atoms with Gasteiger partial charge in [-0.3, -0.25) is 4.98 Å². The van der Waals surface area contributed by atoms with Crippen molar-refractivity contribution >= 4 is 12.4 Å². The molecule has 0 bridgehead atoms. The normalized spacial score (nSPS) is 25.5. The molecule has 2 aliphatic heterocycles. The third-order valence-corrected chi connectivity index (χ3v) is 5.03. The number of rotatable bonds is 6. The molecule has 2 saturated heterocycles. The Hall–Kier alpha value is -0.680. The molecule has 2 aliphatic rings. The van der Waals surface area contributed by atoms with Crippen LogP contribution in [0.25, 0.3) is 0 Å². The molecule has 3 rings (SSSR count). The molecule has 0 aromatic carbocycles. The monoisotopic (exact) mass is 338 g/mol. The molecule has 1 N–H and O–H groups in total. The molecule has 2 fully saturated rings. The highest BCUT2D eigenvalue weighted by atomic mass is 35.5. The molecule has 1 aromatic heterocycles. The van der Waals surface area contributed by atoms with Gasteiger partial charge in [0, 0.05) is 38.6 Å². The quantitative estimate of drug-likeness (QED) is 0.862. The Morgan fingerprint density at radius 1 is 1.35 bits per heavy atom. The summed E-state index contributed by atoms with van der Waals surface area (Å²) in [6, 6.07) is 4.19. The lowest BCUT2D eigenvalue weighted by Crippen LogP contribution is -2.38. The van der Waals surface area contributed by atoms with Gasteiger partial charge in [0.15, 0.2) is 0 Å². The van der Waals surface area contributed by atoms with Crippen molar-refractivity contribution in [1.29, 1.82) is 0 Å². The molecule has 0 saturated carbocycles. The van der Waals surface area contributed by atoms with Crippen LogP contribution in [0.1, 0.15) is 24.8 Å². The minimum absolute atomic E-state index is 0. The van der Waals surface area contributed by atoms with Crippen LogP contribution in [0, 0.1) is 11.8 Å². The molecule has 0 aliphatic carbocycles.